The quantitative estimate of drug-likeness (QED) is 0.643. The summed E-state index contributed by atoms with van der Waals surface area (Å²) in [6, 6.07) is 9.07. The van der Waals surface area contributed by atoms with Crippen LogP contribution in [0.15, 0.2) is 51.4 Å². The van der Waals surface area contributed by atoms with Crippen LogP contribution in [0.2, 0.25) is 0 Å². The number of piperidine rings is 1. The highest BCUT2D eigenvalue weighted by atomic mass is 32.2. The summed E-state index contributed by atoms with van der Waals surface area (Å²) in [5.74, 6) is -0.492. The average Bonchev–Trinajstić information content (AvgIpc) is 3.41. The lowest BCUT2D eigenvalue weighted by Crippen LogP contribution is -2.46. The first-order valence-electron chi connectivity index (χ1n) is 8.99. The number of benzene rings is 1. The Balaban J connectivity index is 1.36. The number of sulfonamides is 1. The third-order valence-corrected chi connectivity index (χ3v) is 8.49. The largest absolute Gasteiger partial charge is 0.337 e. The van der Waals surface area contributed by atoms with Gasteiger partial charge in [-0.25, -0.2) is 22.5 Å². The number of thiophene rings is 1. The normalized spacial score (nSPS) is 15.6. The van der Waals surface area contributed by atoms with Gasteiger partial charge in [-0.3, -0.25) is 4.79 Å². The van der Waals surface area contributed by atoms with Gasteiger partial charge in [0.25, 0.3) is 5.91 Å². The molecule has 1 aromatic carbocycles. The lowest BCUT2D eigenvalue weighted by Gasteiger charge is -2.31. The van der Waals surface area contributed by atoms with E-state index in [1.807, 2.05) is 0 Å². The summed E-state index contributed by atoms with van der Waals surface area (Å²) in [4.78, 5) is 18.8. The van der Waals surface area contributed by atoms with Crippen LogP contribution in [0.25, 0.3) is 10.6 Å². The molecule has 0 aliphatic carbocycles. The van der Waals surface area contributed by atoms with Gasteiger partial charge < -0.3 is 4.90 Å². The zero-order valence-corrected chi connectivity index (χ0v) is 17.7. The summed E-state index contributed by atoms with van der Waals surface area (Å²) in [5, 5.41) is 4.09. The Bertz CT molecular complexity index is 1090. The van der Waals surface area contributed by atoms with E-state index >= 15 is 0 Å². The third kappa shape index (κ3) is 4.55. The molecule has 0 spiro atoms. The Labute approximate surface area is 176 Å². The smallest absolute Gasteiger partial charge is 0.273 e. The molecule has 0 atom stereocenters. The second-order valence-corrected chi connectivity index (χ2v) is 10.4. The Morgan fingerprint density at radius 1 is 1.14 bits per heavy atom. The van der Waals surface area contributed by atoms with Crippen LogP contribution < -0.4 is 4.72 Å². The first-order valence-corrected chi connectivity index (χ1v) is 12.2. The van der Waals surface area contributed by atoms with Crippen molar-refractivity contribution in [1.82, 2.24) is 14.6 Å². The van der Waals surface area contributed by atoms with E-state index in [1.54, 1.807) is 39.9 Å². The Hall–Kier alpha value is -2.14. The molecular formula is C19H18FN3O3S3. The van der Waals surface area contributed by atoms with Crippen LogP contribution in [0.1, 0.15) is 23.3 Å². The fraction of sp³-hybridized carbons (Fsp3) is 0.263. The maximum atomic E-state index is 13.1. The van der Waals surface area contributed by atoms with Crippen molar-refractivity contribution < 1.29 is 17.6 Å². The molecular weight excluding hydrogens is 433 g/mol. The van der Waals surface area contributed by atoms with E-state index < -0.39 is 10.0 Å². The molecule has 152 valence electrons. The Kier molecular flexibility index (Phi) is 5.77. The first-order chi connectivity index (χ1) is 13.9. The first kappa shape index (κ1) is 20.1. The van der Waals surface area contributed by atoms with Crippen LogP contribution >= 0.6 is 22.7 Å². The van der Waals surface area contributed by atoms with E-state index in [1.165, 1.54) is 34.8 Å². The number of likely N-dealkylation sites (tertiary alicyclic amines) is 1. The number of aromatic nitrogens is 1. The molecule has 1 aliphatic rings. The molecule has 1 N–H and O–H groups in total. The highest BCUT2D eigenvalue weighted by Gasteiger charge is 2.28. The molecule has 2 aromatic heterocycles. The van der Waals surface area contributed by atoms with Crippen molar-refractivity contribution in [2.45, 2.75) is 23.1 Å². The summed E-state index contributed by atoms with van der Waals surface area (Å²) >= 11 is 2.52. The second-order valence-electron chi connectivity index (χ2n) is 6.66. The number of carbonyl (C=O) groups excluding carboxylic acids is 1. The predicted molar refractivity (Wildman–Crippen MR) is 111 cm³/mol. The lowest BCUT2D eigenvalue weighted by molar-refractivity contribution is 0.0706. The second kappa shape index (κ2) is 8.31. The van der Waals surface area contributed by atoms with Crippen LogP contribution in [-0.2, 0) is 10.0 Å². The zero-order valence-electron chi connectivity index (χ0n) is 15.2. The highest BCUT2D eigenvalue weighted by molar-refractivity contribution is 7.91. The van der Waals surface area contributed by atoms with Crippen molar-refractivity contribution in [3.8, 4) is 10.6 Å². The minimum atomic E-state index is -3.51. The van der Waals surface area contributed by atoms with Gasteiger partial charge in [-0.1, -0.05) is 6.07 Å². The van der Waals surface area contributed by atoms with Gasteiger partial charge in [0.2, 0.25) is 10.0 Å². The summed E-state index contributed by atoms with van der Waals surface area (Å²) in [5.41, 5.74) is 1.11. The maximum Gasteiger partial charge on any atom is 0.273 e. The van der Waals surface area contributed by atoms with Crippen LogP contribution in [0, 0.1) is 5.82 Å². The number of nitrogens with zero attached hydrogens (tertiary/aromatic N) is 2. The molecule has 3 heterocycles. The molecule has 0 bridgehead atoms. The van der Waals surface area contributed by atoms with Gasteiger partial charge >= 0.3 is 0 Å². The van der Waals surface area contributed by atoms with Crippen molar-refractivity contribution in [1.29, 1.82) is 0 Å². The molecule has 4 rings (SSSR count). The summed E-state index contributed by atoms with van der Waals surface area (Å²) in [7, 11) is -3.51. The standard InChI is InChI=1S/C19H18FN3O3S3/c20-14-5-3-13(4-6-14)18-21-16(12-28-18)19(24)23-9-7-15(8-10-23)22-29(25,26)17-2-1-11-27-17/h1-6,11-12,15,22H,7-10H2. The van der Waals surface area contributed by atoms with Crippen molar-refractivity contribution in [2.75, 3.05) is 13.1 Å². The summed E-state index contributed by atoms with van der Waals surface area (Å²) in [6.45, 7) is 0.916. The summed E-state index contributed by atoms with van der Waals surface area (Å²) in [6.07, 6.45) is 1.09. The van der Waals surface area contributed by atoms with E-state index in [0.717, 1.165) is 5.56 Å². The van der Waals surface area contributed by atoms with E-state index in [0.29, 0.717) is 40.8 Å². The predicted octanol–water partition coefficient (Wildman–Crippen LogP) is 3.59. The van der Waals surface area contributed by atoms with E-state index in [2.05, 4.69) is 9.71 Å². The topological polar surface area (TPSA) is 79.4 Å². The van der Waals surface area contributed by atoms with Gasteiger partial charge in [-0.2, -0.15) is 0 Å². The van der Waals surface area contributed by atoms with Gasteiger partial charge in [0.05, 0.1) is 0 Å². The molecule has 10 heteroatoms. The van der Waals surface area contributed by atoms with Gasteiger partial charge in [0.1, 0.15) is 20.7 Å². The molecule has 1 aliphatic heterocycles. The van der Waals surface area contributed by atoms with E-state index in [4.69, 9.17) is 0 Å². The molecule has 3 aromatic rings. The number of nitrogens with one attached hydrogen (secondary N) is 1. The number of carbonyl (C=O) groups is 1. The van der Waals surface area contributed by atoms with Gasteiger partial charge in [0.15, 0.2) is 0 Å². The molecule has 1 saturated heterocycles. The molecule has 1 fully saturated rings. The number of amides is 1. The number of hydrogen-bond acceptors (Lipinski definition) is 6. The molecule has 6 nitrogen and oxygen atoms in total. The van der Waals surface area contributed by atoms with Gasteiger partial charge in [0, 0.05) is 30.1 Å². The molecule has 0 saturated carbocycles. The fourth-order valence-corrected chi connectivity index (χ4v) is 6.27. The van der Waals surface area contributed by atoms with Crippen LogP contribution in [-0.4, -0.2) is 43.3 Å². The van der Waals surface area contributed by atoms with Gasteiger partial charge in [-0.05, 0) is 48.6 Å². The molecule has 0 radical (unpaired) electrons. The number of hydrogen-bond donors (Lipinski definition) is 1. The highest BCUT2D eigenvalue weighted by Crippen LogP contribution is 2.25. The Morgan fingerprint density at radius 3 is 2.52 bits per heavy atom. The van der Waals surface area contributed by atoms with Crippen molar-refractivity contribution >= 4 is 38.6 Å². The fourth-order valence-electron chi connectivity index (χ4n) is 3.15. The van der Waals surface area contributed by atoms with Crippen molar-refractivity contribution in [2.24, 2.45) is 0 Å². The van der Waals surface area contributed by atoms with Crippen LogP contribution in [0.5, 0.6) is 0 Å². The number of thiazole rings is 1. The van der Waals surface area contributed by atoms with E-state index in [9.17, 15) is 17.6 Å². The average molecular weight is 452 g/mol. The SMILES string of the molecule is O=C(c1csc(-c2ccc(F)cc2)n1)N1CCC(NS(=O)(=O)c2cccs2)CC1. The number of halogens is 1. The van der Waals surface area contributed by atoms with Crippen molar-refractivity contribution in [3.05, 3.63) is 58.7 Å². The van der Waals surface area contributed by atoms with Crippen LogP contribution in [0.4, 0.5) is 4.39 Å². The van der Waals surface area contributed by atoms with Gasteiger partial charge in [-0.15, -0.1) is 22.7 Å². The van der Waals surface area contributed by atoms with Crippen molar-refractivity contribution in [3.63, 3.8) is 0 Å². The minimum absolute atomic E-state index is 0.172. The minimum Gasteiger partial charge on any atom is -0.337 e. The Morgan fingerprint density at radius 2 is 1.86 bits per heavy atom. The lowest BCUT2D eigenvalue weighted by atomic mass is 10.1. The molecule has 29 heavy (non-hydrogen) atoms. The molecule has 1 amide bonds. The summed E-state index contributed by atoms with van der Waals surface area (Å²) < 4.78 is 40.8. The van der Waals surface area contributed by atoms with Crippen LogP contribution in [0.3, 0.4) is 0 Å². The number of rotatable bonds is 5. The monoisotopic (exact) mass is 451 g/mol. The third-order valence-electron chi connectivity index (χ3n) is 4.68. The maximum absolute atomic E-state index is 13.1. The zero-order chi connectivity index (χ0) is 20.4. The van der Waals surface area contributed by atoms with E-state index in [-0.39, 0.29) is 17.8 Å². The molecule has 0 unspecified atom stereocenters.